The Hall–Kier alpha value is -0.830. The second kappa shape index (κ2) is 2.58. The van der Waals surface area contributed by atoms with Gasteiger partial charge in [-0.3, -0.25) is 4.98 Å². The average Bonchev–Trinajstić information content (AvgIpc) is 2.85. The van der Waals surface area contributed by atoms with Crippen LogP contribution in [-0.4, -0.2) is 9.97 Å². The monoisotopic (exact) mass is 236 g/mol. The van der Waals surface area contributed by atoms with Gasteiger partial charge in [-0.2, -0.15) is 0 Å². The van der Waals surface area contributed by atoms with E-state index in [2.05, 4.69) is 32.0 Å². The van der Waals surface area contributed by atoms with E-state index in [4.69, 9.17) is 0 Å². The Kier molecular flexibility index (Phi) is 1.50. The van der Waals surface area contributed by atoms with Crippen molar-refractivity contribution in [3.63, 3.8) is 0 Å². The third-order valence-corrected chi connectivity index (χ3v) is 3.11. The molecule has 3 heteroatoms. The molecule has 0 bridgehead atoms. The predicted octanol–water partition coefficient (Wildman–Crippen LogP) is 3.20. The summed E-state index contributed by atoms with van der Waals surface area (Å²) in [5.74, 6) is 0.718. The lowest BCUT2D eigenvalue weighted by Crippen LogP contribution is -1.86. The maximum atomic E-state index is 4.60. The number of aromatic amines is 1. The summed E-state index contributed by atoms with van der Waals surface area (Å²) in [5, 5.41) is 0. The van der Waals surface area contributed by atoms with Crippen LogP contribution in [0, 0.1) is 0 Å². The molecule has 13 heavy (non-hydrogen) atoms. The highest BCUT2D eigenvalue weighted by Crippen LogP contribution is 2.40. The standard InChI is InChI=1S/C10H9BrN2/c11-7-5-9(6-1-2-6)13-8-3-4-12-10(7)8/h3-6,12H,1-2H2. The van der Waals surface area contributed by atoms with Gasteiger partial charge in [0, 0.05) is 22.3 Å². The van der Waals surface area contributed by atoms with Gasteiger partial charge in [-0.1, -0.05) is 0 Å². The van der Waals surface area contributed by atoms with E-state index in [-0.39, 0.29) is 0 Å². The zero-order valence-electron chi connectivity index (χ0n) is 7.05. The zero-order chi connectivity index (χ0) is 8.84. The average molecular weight is 237 g/mol. The number of halogens is 1. The summed E-state index contributed by atoms with van der Waals surface area (Å²) in [5.41, 5.74) is 3.40. The lowest BCUT2D eigenvalue weighted by Gasteiger charge is -1.99. The molecule has 1 N–H and O–H groups in total. The molecule has 0 saturated heterocycles. The summed E-state index contributed by atoms with van der Waals surface area (Å²) in [7, 11) is 0. The fraction of sp³-hybridized carbons (Fsp3) is 0.300. The first kappa shape index (κ1) is 7.56. The van der Waals surface area contributed by atoms with E-state index in [0.717, 1.165) is 21.4 Å². The molecule has 2 nitrogen and oxygen atoms in total. The van der Waals surface area contributed by atoms with Gasteiger partial charge >= 0.3 is 0 Å². The first-order chi connectivity index (χ1) is 6.34. The van der Waals surface area contributed by atoms with Crippen molar-refractivity contribution in [2.24, 2.45) is 0 Å². The van der Waals surface area contributed by atoms with Gasteiger partial charge < -0.3 is 4.98 Å². The smallest absolute Gasteiger partial charge is 0.0893 e. The normalized spacial score (nSPS) is 16.7. The molecule has 1 aliphatic rings. The van der Waals surface area contributed by atoms with E-state index in [0.29, 0.717) is 0 Å². The minimum Gasteiger partial charge on any atom is -0.359 e. The van der Waals surface area contributed by atoms with Gasteiger partial charge in [0.2, 0.25) is 0 Å². The van der Waals surface area contributed by atoms with Crippen molar-refractivity contribution >= 4 is 27.0 Å². The van der Waals surface area contributed by atoms with Crippen LogP contribution in [-0.2, 0) is 0 Å². The van der Waals surface area contributed by atoms with E-state index < -0.39 is 0 Å². The van der Waals surface area contributed by atoms with Crippen LogP contribution in [0.15, 0.2) is 22.8 Å². The van der Waals surface area contributed by atoms with Crippen LogP contribution >= 0.6 is 15.9 Å². The first-order valence-electron chi connectivity index (χ1n) is 4.48. The molecule has 1 aliphatic carbocycles. The Morgan fingerprint density at radius 2 is 2.31 bits per heavy atom. The predicted molar refractivity (Wildman–Crippen MR) is 55.8 cm³/mol. The quantitative estimate of drug-likeness (QED) is 0.810. The number of H-pyrrole nitrogens is 1. The Morgan fingerprint density at radius 1 is 1.46 bits per heavy atom. The van der Waals surface area contributed by atoms with Gasteiger partial charge in [-0.05, 0) is 40.9 Å². The number of hydrogen-bond acceptors (Lipinski definition) is 1. The molecular weight excluding hydrogens is 228 g/mol. The highest BCUT2D eigenvalue weighted by atomic mass is 79.9. The van der Waals surface area contributed by atoms with Crippen molar-refractivity contribution in [3.8, 4) is 0 Å². The molecule has 0 aromatic carbocycles. The fourth-order valence-electron chi connectivity index (χ4n) is 1.61. The van der Waals surface area contributed by atoms with Crippen LogP contribution in [0.4, 0.5) is 0 Å². The van der Waals surface area contributed by atoms with Crippen molar-refractivity contribution in [3.05, 3.63) is 28.5 Å². The van der Waals surface area contributed by atoms with E-state index in [9.17, 15) is 0 Å². The van der Waals surface area contributed by atoms with Crippen molar-refractivity contribution in [1.82, 2.24) is 9.97 Å². The van der Waals surface area contributed by atoms with Crippen LogP contribution in [0.3, 0.4) is 0 Å². The molecule has 0 amide bonds. The Balaban J connectivity index is 2.27. The highest BCUT2D eigenvalue weighted by Gasteiger charge is 2.25. The maximum Gasteiger partial charge on any atom is 0.0893 e. The van der Waals surface area contributed by atoms with E-state index >= 15 is 0 Å². The zero-order valence-corrected chi connectivity index (χ0v) is 8.63. The molecule has 2 aromatic rings. The van der Waals surface area contributed by atoms with E-state index in [1.165, 1.54) is 18.5 Å². The van der Waals surface area contributed by atoms with Crippen LogP contribution in [0.1, 0.15) is 24.5 Å². The van der Waals surface area contributed by atoms with E-state index in [1.54, 1.807) is 0 Å². The van der Waals surface area contributed by atoms with Gasteiger partial charge in [-0.15, -0.1) is 0 Å². The molecule has 2 heterocycles. The molecule has 0 atom stereocenters. The summed E-state index contributed by atoms with van der Waals surface area (Å²) in [6.45, 7) is 0. The van der Waals surface area contributed by atoms with Crippen molar-refractivity contribution in [2.45, 2.75) is 18.8 Å². The second-order valence-corrected chi connectivity index (χ2v) is 4.40. The first-order valence-corrected chi connectivity index (χ1v) is 5.27. The molecule has 0 aliphatic heterocycles. The molecule has 0 spiro atoms. The molecular formula is C10H9BrN2. The highest BCUT2D eigenvalue weighted by molar-refractivity contribution is 9.10. The Labute approximate surface area is 84.5 Å². The van der Waals surface area contributed by atoms with Gasteiger partial charge in [0.1, 0.15) is 0 Å². The number of pyridine rings is 1. The summed E-state index contributed by atoms with van der Waals surface area (Å²) < 4.78 is 1.13. The van der Waals surface area contributed by atoms with Gasteiger partial charge in [0.05, 0.1) is 11.0 Å². The third kappa shape index (κ3) is 1.18. The van der Waals surface area contributed by atoms with Gasteiger partial charge in [0.25, 0.3) is 0 Å². The Bertz CT molecular complexity index is 457. The molecule has 66 valence electrons. The number of fused-ring (bicyclic) bond motifs is 1. The van der Waals surface area contributed by atoms with Crippen LogP contribution in [0.25, 0.3) is 11.0 Å². The third-order valence-electron chi connectivity index (χ3n) is 2.48. The lowest BCUT2D eigenvalue weighted by atomic mass is 10.2. The van der Waals surface area contributed by atoms with Crippen LogP contribution in [0.5, 0.6) is 0 Å². The van der Waals surface area contributed by atoms with Crippen molar-refractivity contribution < 1.29 is 0 Å². The van der Waals surface area contributed by atoms with Crippen LogP contribution in [0.2, 0.25) is 0 Å². The SMILES string of the molecule is Brc1cc(C2CC2)nc2cc[nH]c12. The lowest BCUT2D eigenvalue weighted by molar-refractivity contribution is 1.04. The Morgan fingerprint density at radius 3 is 3.08 bits per heavy atom. The summed E-state index contributed by atoms with van der Waals surface area (Å²) in [6.07, 6.45) is 4.53. The maximum absolute atomic E-state index is 4.60. The number of nitrogens with one attached hydrogen (secondary N) is 1. The summed E-state index contributed by atoms with van der Waals surface area (Å²) >= 11 is 3.55. The van der Waals surface area contributed by atoms with E-state index in [1.807, 2.05) is 12.3 Å². The number of hydrogen-bond donors (Lipinski definition) is 1. The fourth-order valence-corrected chi connectivity index (χ4v) is 2.16. The topological polar surface area (TPSA) is 28.7 Å². The number of nitrogens with zero attached hydrogens (tertiary/aromatic N) is 1. The summed E-state index contributed by atoms with van der Waals surface area (Å²) in [6, 6.07) is 4.16. The minimum absolute atomic E-state index is 0.718. The van der Waals surface area contributed by atoms with Crippen molar-refractivity contribution in [2.75, 3.05) is 0 Å². The molecule has 0 unspecified atom stereocenters. The largest absolute Gasteiger partial charge is 0.359 e. The second-order valence-electron chi connectivity index (χ2n) is 3.54. The van der Waals surface area contributed by atoms with Crippen LogP contribution < -0.4 is 0 Å². The van der Waals surface area contributed by atoms with Gasteiger partial charge in [-0.25, -0.2) is 0 Å². The number of aromatic nitrogens is 2. The molecule has 3 rings (SSSR count). The molecule has 0 radical (unpaired) electrons. The molecule has 1 fully saturated rings. The molecule has 1 saturated carbocycles. The van der Waals surface area contributed by atoms with Crippen molar-refractivity contribution in [1.29, 1.82) is 0 Å². The van der Waals surface area contributed by atoms with Gasteiger partial charge in [0.15, 0.2) is 0 Å². The minimum atomic E-state index is 0.718. The molecule has 2 aromatic heterocycles. The number of rotatable bonds is 1. The summed E-state index contributed by atoms with van der Waals surface area (Å²) in [4.78, 5) is 7.76.